The summed E-state index contributed by atoms with van der Waals surface area (Å²) in [6.07, 6.45) is 1.97. The van der Waals surface area contributed by atoms with Crippen molar-refractivity contribution in [3.05, 3.63) is 71.8 Å². The molecule has 2 heteroatoms. The normalized spacial score (nSPS) is 22.3. The van der Waals surface area contributed by atoms with Crippen LogP contribution >= 0.6 is 0 Å². The third-order valence-electron chi connectivity index (χ3n) is 4.67. The number of nitrogens with zero attached hydrogens (tertiary/aromatic N) is 1. The van der Waals surface area contributed by atoms with E-state index in [1.807, 2.05) is 6.92 Å². The molecule has 2 aromatic rings. The summed E-state index contributed by atoms with van der Waals surface area (Å²) in [5.74, 6) is 0.424. The Morgan fingerprint density at radius 1 is 1.00 bits per heavy atom. The smallest absolute Gasteiger partial charge is 0.0758 e. The Labute approximate surface area is 133 Å². The average molecular weight is 295 g/mol. The summed E-state index contributed by atoms with van der Waals surface area (Å²) in [6.45, 7) is 4.77. The molecule has 1 atom stereocenters. The van der Waals surface area contributed by atoms with Gasteiger partial charge in [0, 0.05) is 19.0 Å². The van der Waals surface area contributed by atoms with Crippen LogP contribution in [0.4, 0.5) is 0 Å². The van der Waals surface area contributed by atoms with Crippen LogP contribution in [0.2, 0.25) is 0 Å². The highest BCUT2D eigenvalue weighted by Gasteiger charge is 2.31. The van der Waals surface area contributed by atoms with E-state index >= 15 is 0 Å². The molecule has 0 spiro atoms. The maximum absolute atomic E-state index is 10.1. The maximum Gasteiger partial charge on any atom is 0.0758 e. The monoisotopic (exact) mass is 295 g/mol. The van der Waals surface area contributed by atoms with Crippen molar-refractivity contribution >= 4 is 0 Å². The summed E-state index contributed by atoms with van der Waals surface area (Å²) >= 11 is 0. The van der Waals surface area contributed by atoms with Gasteiger partial charge in [-0.3, -0.25) is 0 Å². The summed E-state index contributed by atoms with van der Waals surface area (Å²) in [4.78, 5) is 2.39. The van der Waals surface area contributed by atoms with Crippen molar-refractivity contribution in [2.45, 2.75) is 31.3 Å². The molecule has 0 bridgehead atoms. The molecule has 3 rings (SSSR count). The van der Waals surface area contributed by atoms with Gasteiger partial charge < -0.3 is 10.0 Å². The van der Waals surface area contributed by atoms with Gasteiger partial charge in [-0.1, -0.05) is 60.7 Å². The fraction of sp³-hybridized carbons (Fsp3) is 0.400. The Kier molecular flexibility index (Phi) is 4.60. The van der Waals surface area contributed by atoms with Crippen molar-refractivity contribution in [2.75, 3.05) is 19.6 Å². The molecule has 1 fully saturated rings. The second kappa shape index (κ2) is 6.64. The SMILES string of the molecule is C[C@@]1(O)CCN(CCC(c2ccccc2)c2ccccc2)C1. The van der Waals surface area contributed by atoms with Gasteiger partial charge in [-0.25, -0.2) is 0 Å². The number of rotatable bonds is 5. The minimum atomic E-state index is -0.505. The zero-order chi connectivity index (χ0) is 15.4. The fourth-order valence-electron chi connectivity index (χ4n) is 3.44. The van der Waals surface area contributed by atoms with Crippen molar-refractivity contribution in [1.82, 2.24) is 4.90 Å². The van der Waals surface area contributed by atoms with Crippen LogP contribution in [0.15, 0.2) is 60.7 Å². The van der Waals surface area contributed by atoms with E-state index in [9.17, 15) is 5.11 Å². The third-order valence-corrected chi connectivity index (χ3v) is 4.67. The lowest BCUT2D eigenvalue weighted by atomic mass is 9.88. The Morgan fingerprint density at radius 2 is 1.55 bits per heavy atom. The van der Waals surface area contributed by atoms with E-state index in [0.29, 0.717) is 5.92 Å². The first-order chi connectivity index (χ1) is 10.6. The first-order valence-corrected chi connectivity index (χ1v) is 8.19. The van der Waals surface area contributed by atoms with Crippen molar-refractivity contribution in [2.24, 2.45) is 0 Å². The van der Waals surface area contributed by atoms with Gasteiger partial charge in [-0.2, -0.15) is 0 Å². The largest absolute Gasteiger partial charge is 0.389 e. The van der Waals surface area contributed by atoms with Crippen LogP contribution in [0.5, 0.6) is 0 Å². The highest BCUT2D eigenvalue weighted by molar-refractivity contribution is 5.32. The van der Waals surface area contributed by atoms with Gasteiger partial charge in [0.1, 0.15) is 0 Å². The van der Waals surface area contributed by atoms with Crippen LogP contribution in [-0.4, -0.2) is 35.2 Å². The topological polar surface area (TPSA) is 23.5 Å². The van der Waals surface area contributed by atoms with Gasteiger partial charge in [0.15, 0.2) is 0 Å². The van der Waals surface area contributed by atoms with E-state index in [0.717, 1.165) is 32.5 Å². The molecule has 1 N–H and O–H groups in total. The van der Waals surface area contributed by atoms with Crippen molar-refractivity contribution in [1.29, 1.82) is 0 Å². The van der Waals surface area contributed by atoms with Crippen LogP contribution in [-0.2, 0) is 0 Å². The molecule has 0 amide bonds. The molecule has 116 valence electrons. The number of aliphatic hydroxyl groups is 1. The van der Waals surface area contributed by atoms with Crippen molar-refractivity contribution in [3.63, 3.8) is 0 Å². The van der Waals surface area contributed by atoms with Gasteiger partial charge in [-0.15, -0.1) is 0 Å². The molecule has 1 aliphatic rings. The van der Waals surface area contributed by atoms with E-state index in [4.69, 9.17) is 0 Å². The number of β-amino-alcohol motifs (C(OH)–C–C–N with tert-alkyl or cyclic N) is 1. The summed E-state index contributed by atoms with van der Waals surface area (Å²) in [5, 5.41) is 10.1. The highest BCUT2D eigenvalue weighted by Crippen LogP contribution is 2.29. The van der Waals surface area contributed by atoms with Crippen molar-refractivity contribution in [3.8, 4) is 0 Å². The van der Waals surface area contributed by atoms with Crippen molar-refractivity contribution < 1.29 is 5.11 Å². The molecule has 2 nitrogen and oxygen atoms in total. The van der Waals surface area contributed by atoms with Crippen LogP contribution in [0.1, 0.15) is 36.8 Å². The predicted octanol–water partition coefficient (Wildman–Crippen LogP) is 3.67. The van der Waals surface area contributed by atoms with E-state index in [1.54, 1.807) is 0 Å². The van der Waals surface area contributed by atoms with Crippen LogP contribution < -0.4 is 0 Å². The number of hydrogen-bond acceptors (Lipinski definition) is 2. The summed E-state index contributed by atoms with van der Waals surface area (Å²) in [6, 6.07) is 21.5. The van der Waals surface area contributed by atoms with Gasteiger partial charge >= 0.3 is 0 Å². The van der Waals surface area contributed by atoms with E-state index in [-0.39, 0.29) is 0 Å². The summed E-state index contributed by atoms with van der Waals surface area (Å²) in [7, 11) is 0. The minimum Gasteiger partial charge on any atom is -0.389 e. The molecule has 22 heavy (non-hydrogen) atoms. The predicted molar refractivity (Wildman–Crippen MR) is 91.0 cm³/mol. The minimum absolute atomic E-state index is 0.424. The van der Waals surface area contributed by atoms with E-state index < -0.39 is 5.60 Å². The standard InChI is InChI=1S/C20H25NO/c1-20(22)13-15-21(16-20)14-12-19(17-8-4-2-5-9-17)18-10-6-3-7-11-18/h2-11,19,22H,12-16H2,1H3/t20-/m1/s1. The molecular weight excluding hydrogens is 270 g/mol. The Bertz CT molecular complexity index is 540. The third kappa shape index (κ3) is 3.76. The lowest BCUT2D eigenvalue weighted by Gasteiger charge is -2.23. The number of likely N-dealkylation sites (tertiary alicyclic amines) is 1. The molecule has 0 aliphatic carbocycles. The first-order valence-electron chi connectivity index (χ1n) is 8.19. The second-order valence-electron chi connectivity index (χ2n) is 6.69. The van der Waals surface area contributed by atoms with Crippen LogP contribution in [0.25, 0.3) is 0 Å². The first kappa shape index (κ1) is 15.3. The molecular formula is C20H25NO. The van der Waals surface area contributed by atoms with Gasteiger partial charge in [0.25, 0.3) is 0 Å². The van der Waals surface area contributed by atoms with Crippen LogP contribution in [0, 0.1) is 0 Å². The lowest BCUT2D eigenvalue weighted by molar-refractivity contribution is 0.0685. The van der Waals surface area contributed by atoms with Crippen LogP contribution in [0.3, 0.4) is 0 Å². The quantitative estimate of drug-likeness (QED) is 0.910. The molecule has 1 saturated heterocycles. The number of hydrogen-bond donors (Lipinski definition) is 1. The maximum atomic E-state index is 10.1. The van der Waals surface area contributed by atoms with Gasteiger partial charge in [0.2, 0.25) is 0 Å². The summed E-state index contributed by atoms with van der Waals surface area (Å²) < 4.78 is 0. The molecule has 1 aliphatic heterocycles. The molecule has 0 saturated carbocycles. The highest BCUT2D eigenvalue weighted by atomic mass is 16.3. The number of benzene rings is 2. The van der Waals surface area contributed by atoms with Gasteiger partial charge in [-0.05, 0) is 37.4 Å². The van der Waals surface area contributed by atoms with Gasteiger partial charge in [0.05, 0.1) is 5.60 Å². The molecule has 0 aromatic heterocycles. The zero-order valence-corrected chi connectivity index (χ0v) is 13.3. The Morgan fingerprint density at radius 3 is 2.00 bits per heavy atom. The molecule has 0 radical (unpaired) electrons. The molecule has 1 heterocycles. The Hall–Kier alpha value is -1.64. The average Bonchev–Trinajstić information content (AvgIpc) is 2.89. The van der Waals surface area contributed by atoms with E-state index in [2.05, 4.69) is 65.6 Å². The lowest BCUT2D eigenvalue weighted by Crippen LogP contribution is -2.30. The summed E-state index contributed by atoms with van der Waals surface area (Å²) in [5.41, 5.74) is 2.24. The zero-order valence-electron chi connectivity index (χ0n) is 13.3. The molecule has 0 unspecified atom stereocenters. The fourth-order valence-corrected chi connectivity index (χ4v) is 3.44. The van der Waals surface area contributed by atoms with E-state index in [1.165, 1.54) is 11.1 Å². The Balaban J connectivity index is 1.73. The molecule has 2 aromatic carbocycles. The second-order valence-corrected chi connectivity index (χ2v) is 6.69.